The number of piperazine rings is 1. The molecule has 0 amide bonds. The molecule has 0 aromatic rings. The van der Waals surface area contributed by atoms with E-state index in [1.165, 1.54) is 31.8 Å². The van der Waals surface area contributed by atoms with Crippen molar-refractivity contribution in [2.45, 2.75) is 25.3 Å². The Hall–Kier alpha value is -0.0800. The summed E-state index contributed by atoms with van der Waals surface area (Å²) >= 11 is 0. The third-order valence-electron chi connectivity index (χ3n) is 2.17. The van der Waals surface area contributed by atoms with Crippen LogP contribution in [0.4, 0.5) is 0 Å². The third-order valence-corrected chi connectivity index (χ3v) is 2.17. The van der Waals surface area contributed by atoms with Gasteiger partial charge in [0, 0.05) is 19.1 Å². The fraction of sp³-hybridized carbons (Fsp3) is 0.857. The summed E-state index contributed by atoms with van der Waals surface area (Å²) in [6.07, 6.45) is 4.05. The molecule has 1 unspecified atom stereocenters. The molecule has 1 radical (unpaired) electrons. The SMILES string of the molecule is C1C[C]2CNCC(C1)N2. The number of piperidine rings is 1. The van der Waals surface area contributed by atoms with E-state index in [2.05, 4.69) is 10.6 Å². The molecule has 0 spiro atoms. The molecule has 51 valence electrons. The van der Waals surface area contributed by atoms with E-state index in [0.29, 0.717) is 0 Å². The van der Waals surface area contributed by atoms with Crippen molar-refractivity contribution in [3.63, 3.8) is 0 Å². The Morgan fingerprint density at radius 1 is 1.44 bits per heavy atom. The lowest BCUT2D eigenvalue weighted by Gasteiger charge is -2.35. The number of nitrogens with one attached hydrogen (secondary N) is 2. The van der Waals surface area contributed by atoms with Gasteiger partial charge in [0.2, 0.25) is 0 Å². The molecule has 2 aliphatic heterocycles. The van der Waals surface area contributed by atoms with Gasteiger partial charge in [-0.05, 0) is 19.3 Å². The minimum absolute atomic E-state index is 0.752. The third kappa shape index (κ3) is 1.10. The number of fused-ring (bicyclic) bond motifs is 2. The van der Waals surface area contributed by atoms with Crippen LogP contribution in [0.1, 0.15) is 19.3 Å². The molecule has 2 nitrogen and oxygen atoms in total. The summed E-state index contributed by atoms with van der Waals surface area (Å²) in [5.74, 6) is 0. The van der Waals surface area contributed by atoms with E-state index in [9.17, 15) is 0 Å². The lowest BCUT2D eigenvalue weighted by molar-refractivity contribution is 0.328. The quantitative estimate of drug-likeness (QED) is 0.485. The first-order chi connectivity index (χ1) is 4.45. The average molecular weight is 125 g/mol. The summed E-state index contributed by atoms with van der Waals surface area (Å²) in [5, 5.41) is 6.89. The van der Waals surface area contributed by atoms with Crippen LogP contribution < -0.4 is 10.6 Å². The topological polar surface area (TPSA) is 24.1 Å². The van der Waals surface area contributed by atoms with Crippen LogP contribution in [0.15, 0.2) is 0 Å². The molecule has 0 saturated carbocycles. The van der Waals surface area contributed by atoms with Crippen molar-refractivity contribution in [1.29, 1.82) is 0 Å². The molecule has 2 fully saturated rings. The molecule has 9 heavy (non-hydrogen) atoms. The Morgan fingerprint density at radius 2 is 2.44 bits per heavy atom. The zero-order valence-corrected chi connectivity index (χ0v) is 5.61. The van der Waals surface area contributed by atoms with Crippen molar-refractivity contribution < 1.29 is 0 Å². The maximum absolute atomic E-state index is 3.51. The second-order valence-electron chi connectivity index (χ2n) is 2.97. The van der Waals surface area contributed by atoms with Gasteiger partial charge in [-0.25, -0.2) is 0 Å². The Labute approximate surface area is 56.0 Å². The standard InChI is InChI=1S/C7H13N2/c1-2-6-4-8-5-7(3-1)9-6/h6,8-9H,1-5H2. The molecule has 2 rings (SSSR count). The van der Waals surface area contributed by atoms with Crippen LogP contribution in [0.5, 0.6) is 0 Å². The van der Waals surface area contributed by atoms with E-state index < -0.39 is 0 Å². The van der Waals surface area contributed by atoms with Crippen LogP contribution in [-0.4, -0.2) is 19.1 Å². The molecule has 2 bridgehead atoms. The summed E-state index contributed by atoms with van der Waals surface area (Å²) < 4.78 is 0. The molecule has 0 aromatic heterocycles. The summed E-state index contributed by atoms with van der Waals surface area (Å²) in [7, 11) is 0. The molecule has 2 N–H and O–H groups in total. The van der Waals surface area contributed by atoms with Crippen molar-refractivity contribution >= 4 is 0 Å². The Bertz CT molecular complexity index is 83.1. The molecular formula is C7H13N2. The van der Waals surface area contributed by atoms with E-state index in [1.807, 2.05) is 0 Å². The van der Waals surface area contributed by atoms with Crippen molar-refractivity contribution in [3.8, 4) is 0 Å². The molecule has 0 aromatic carbocycles. The van der Waals surface area contributed by atoms with Crippen molar-refractivity contribution in [1.82, 2.24) is 10.6 Å². The number of rotatable bonds is 0. The highest BCUT2D eigenvalue weighted by Crippen LogP contribution is 2.19. The Morgan fingerprint density at radius 3 is 3.22 bits per heavy atom. The van der Waals surface area contributed by atoms with Gasteiger partial charge in [0.05, 0.1) is 6.04 Å². The summed E-state index contributed by atoms with van der Waals surface area (Å²) in [4.78, 5) is 0. The largest absolute Gasteiger partial charge is 0.313 e. The van der Waals surface area contributed by atoms with E-state index in [0.717, 1.165) is 12.6 Å². The normalized spacial score (nSPS) is 36.7. The van der Waals surface area contributed by atoms with E-state index in [-0.39, 0.29) is 0 Å². The van der Waals surface area contributed by atoms with E-state index in [1.54, 1.807) is 0 Å². The van der Waals surface area contributed by atoms with Crippen LogP contribution in [-0.2, 0) is 0 Å². The Balaban J connectivity index is 1.96. The lowest BCUT2D eigenvalue weighted by Crippen LogP contribution is -2.52. The average Bonchev–Trinajstić information content (AvgIpc) is 1.88. The van der Waals surface area contributed by atoms with E-state index >= 15 is 0 Å². The maximum Gasteiger partial charge on any atom is 0.0505 e. The second kappa shape index (κ2) is 2.27. The minimum atomic E-state index is 0.752. The first-order valence-electron chi connectivity index (χ1n) is 3.77. The fourth-order valence-corrected chi connectivity index (χ4v) is 1.68. The van der Waals surface area contributed by atoms with Gasteiger partial charge in [-0.2, -0.15) is 0 Å². The number of hydrogen-bond acceptors (Lipinski definition) is 2. The Kier molecular flexibility index (Phi) is 1.44. The molecule has 2 aliphatic rings. The van der Waals surface area contributed by atoms with Gasteiger partial charge in [0.25, 0.3) is 0 Å². The molecular weight excluding hydrogens is 112 g/mol. The van der Waals surface area contributed by atoms with Gasteiger partial charge in [-0.1, -0.05) is 0 Å². The van der Waals surface area contributed by atoms with Crippen molar-refractivity contribution in [2.24, 2.45) is 0 Å². The van der Waals surface area contributed by atoms with E-state index in [4.69, 9.17) is 0 Å². The van der Waals surface area contributed by atoms with Crippen molar-refractivity contribution in [3.05, 3.63) is 6.04 Å². The van der Waals surface area contributed by atoms with Gasteiger partial charge in [-0.3, -0.25) is 0 Å². The maximum atomic E-state index is 3.51. The molecule has 1 atom stereocenters. The van der Waals surface area contributed by atoms with Crippen molar-refractivity contribution in [2.75, 3.05) is 13.1 Å². The molecule has 2 heterocycles. The van der Waals surface area contributed by atoms with Gasteiger partial charge in [-0.15, -0.1) is 0 Å². The lowest BCUT2D eigenvalue weighted by atomic mass is 9.96. The molecule has 2 saturated heterocycles. The highest BCUT2D eigenvalue weighted by atomic mass is 15.1. The predicted molar refractivity (Wildman–Crippen MR) is 36.9 cm³/mol. The second-order valence-corrected chi connectivity index (χ2v) is 2.97. The molecule has 2 heteroatoms. The highest BCUT2D eigenvalue weighted by Gasteiger charge is 2.24. The fourth-order valence-electron chi connectivity index (χ4n) is 1.68. The summed E-state index contributed by atoms with van der Waals surface area (Å²) in [6.45, 7) is 2.28. The zero-order valence-electron chi connectivity index (χ0n) is 5.61. The summed E-state index contributed by atoms with van der Waals surface area (Å²) in [5.41, 5.74) is 0. The van der Waals surface area contributed by atoms with Crippen LogP contribution in [0, 0.1) is 6.04 Å². The van der Waals surface area contributed by atoms with Crippen LogP contribution >= 0.6 is 0 Å². The minimum Gasteiger partial charge on any atom is -0.313 e. The van der Waals surface area contributed by atoms with Gasteiger partial charge >= 0.3 is 0 Å². The predicted octanol–water partition coefficient (Wildman–Crippen LogP) is 0.264. The highest BCUT2D eigenvalue weighted by molar-refractivity contribution is 5.00. The smallest absolute Gasteiger partial charge is 0.0505 e. The van der Waals surface area contributed by atoms with Crippen LogP contribution in [0.3, 0.4) is 0 Å². The van der Waals surface area contributed by atoms with Gasteiger partial charge in [0.1, 0.15) is 0 Å². The van der Waals surface area contributed by atoms with Gasteiger partial charge < -0.3 is 10.6 Å². The zero-order chi connectivity index (χ0) is 6.10. The van der Waals surface area contributed by atoms with Gasteiger partial charge in [0.15, 0.2) is 0 Å². The van der Waals surface area contributed by atoms with Crippen LogP contribution in [0.25, 0.3) is 0 Å². The van der Waals surface area contributed by atoms with Crippen LogP contribution in [0.2, 0.25) is 0 Å². The molecule has 0 aliphatic carbocycles. The number of hydrogen-bond donors (Lipinski definition) is 2. The first-order valence-corrected chi connectivity index (χ1v) is 3.77. The summed E-state index contributed by atoms with van der Waals surface area (Å²) in [6, 6.07) is 2.28. The monoisotopic (exact) mass is 125 g/mol. The first kappa shape index (κ1) is 5.69.